The summed E-state index contributed by atoms with van der Waals surface area (Å²) in [7, 11) is 0. The van der Waals surface area contributed by atoms with Crippen molar-refractivity contribution in [1.82, 2.24) is 9.97 Å². The second-order valence-corrected chi connectivity index (χ2v) is 5.19. The van der Waals surface area contributed by atoms with Gasteiger partial charge in [0.25, 0.3) is 0 Å². The van der Waals surface area contributed by atoms with E-state index in [0.717, 1.165) is 22.9 Å². The van der Waals surface area contributed by atoms with Gasteiger partial charge < -0.3 is 5.32 Å². The second-order valence-electron chi connectivity index (χ2n) is 4.25. The zero-order chi connectivity index (χ0) is 12.5. The third kappa shape index (κ3) is 2.07. The third-order valence-electron chi connectivity index (χ3n) is 2.81. The Morgan fingerprint density at radius 1 is 1.17 bits per heavy atom. The lowest BCUT2D eigenvalue weighted by molar-refractivity contribution is 1.04. The molecule has 90 valence electrons. The van der Waals surface area contributed by atoms with Crippen LogP contribution in [0.1, 0.15) is 11.4 Å². The van der Waals surface area contributed by atoms with Crippen LogP contribution in [0.25, 0.3) is 10.1 Å². The van der Waals surface area contributed by atoms with Crippen LogP contribution in [0.15, 0.2) is 35.8 Å². The van der Waals surface area contributed by atoms with Gasteiger partial charge in [-0.25, -0.2) is 9.97 Å². The zero-order valence-electron chi connectivity index (χ0n) is 10.3. The molecule has 0 aliphatic rings. The summed E-state index contributed by atoms with van der Waals surface area (Å²) < 4.78 is 1.30. The summed E-state index contributed by atoms with van der Waals surface area (Å²) in [6.45, 7) is 3.90. The molecule has 2 heterocycles. The van der Waals surface area contributed by atoms with E-state index < -0.39 is 0 Å². The zero-order valence-corrected chi connectivity index (χ0v) is 11.1. The van der Waals surface area contributed by atoms with Crippen molar-refractivity contribution in [3.05, 3.63) is 47.2 Å². The SMILES string of the molecule is Cc1ncc(C)c(Nc2ccc3sccc3c2)n1. The smallest absolute Gasteiger partial charge is 0.136 e. The van der Waals surface area contributed by atoms with Crippen molar-refractivity contribution >= 4 is 32.9 Å². The first-order valence-corrected chi connectivity index (χ1v) is 6.65. The van der Waals surface area contributed by atoms with E-state index in [1.165, 1.54) is 10.1 Å². The van der Waals surface area contributed by atoms with E-state index in [1.807, 2.05) is 20.0 Å². The van der Waals surface area contributed by atoms with Gasteiger partial charge in [0.15, 0.2) is 0 Å². The molecule has 0 aliphatic carbocycles. The Labute approximate surface area is 110 Å². The normalized spacial score (nSPS) is 10.8. The van der Waals surface area contributed by atoms with Crippen LogP contribution in [0.2, 0.25) is 0 Å². The molecule has 4 heteroatoms. The quantitative estimate of drug-likeness (QED) is 0.750. The number of benzene rings is 1. The molecule has 0 saturated carbocycles. The molecule has 0 bridgehead atoms. The van der Waals surface area contributed by atoms with Crippen LogP contribution in [-0.2, 0) is 0 Å². The minimum absolute atomic E-state index is 0.778. The van der Waals surface area contributed by atoms with Gasteiger partial charge in [0.2, 0.25) is 0 Å². The fourth-order valence-corrected chi connectivity index (χ4v) is 2.61. The van der Waals surface area contributed by atoms with Gasteiger partial charge in [-0.05, 0) is 48.9 Å². The average Bonchev–Trinajstić information content (AvgIpc) is 2.81. The van der Waals surface area contributed by atoms with Crippen molar-refractivity contribution < 1.29 is 0 Å². The fourth-order valence-electron chi connectivity index (χ4n) is 1.84. The number of aromatic nitrogens is 2. The van der Waals surface area contributed by atoms with E-state index in [0.29, 0.717) is 0 Å². The van der Waals surface area contributed by atoms with E-state index in [9.17, 15) is 0 Å². The Morgan fingerprint density at radius 2 is 2.06 bits per heavy atom. The average molecular weight is 255 g/mol. The molecular formula is C14H13N3S. The maximum absolute atomic E-state index is 4.42. The number of hydrogen-bond acceptors (Lipinski definition) is 4. The number of nitrogens with zero attached hydrogens (tertiary/aromatic N) is 2. The maximum atomic E-state index is 4.42. The third-order valence-corrected chi connectivity index (χ3v) is 3.71. The fraction of sp³-hybridized carbons (Fsp3) is 0.143. The van der Waals surface area contributed by atoms with Crippen LogP contribution in [0, 0.1) is 13.8 Å². The van der Waals surface area contributed by atoms with Gasteiger partial charge in [0, 0.05) is 22.1 Å². The largest absolute Gasteiger partial charge is 0.340 e. The van der Waals surface area contributed by atoms with Crippen LogP contribution < -0.4 is 5.32 Å². The van der Waals surface area contributed by atoms with E-state index >= 15 is 0 Å². The van der Waals surface area contributed by atoms with Crippen molar-refractivity contribution in [1.29, 1.82) is 0 Å². The van der Waals surface area contributed by atoms with E-state index in [1.54, 1.807) is 11.3 Å². The molecule has 3 rings (SSSR count). The van der Waals surface area contributed by atoms with Crippen molar-refractivity contribution in [3.8, 4) is 0 Å². The number of hydrogen-bond donors (Lipinski definition) is 1. The van der Waals surface area contributed by atoms with Crippen LogP contribution >= 0.6 is 11.3 Å². The highest BCUT2D eigenvalue weighted by molar-refractivity contribution is 7.17. The molecule has 0 aliphatic heterocycles. The minimum atomic E-state index is 0.778. The van der Waals surface area contributed by atoms with Gasteiger partial charge in [-0.15, -0.1) is 11.3 Å². The second kappa shape index (κ2) is 4.38. The lowest BCUT2D eigenvalue weighted by Crippen LogP contribution is -1.99. The summed E-state index contributed by atoms with van der Waals surface area (Å²) in [6, 6.07) is 8.48. The van der Waals surface area contributed by atoms with Crippen molar-refractivity contribution in [2.24, 2.45) is 0 Å². The van der Waals surface area contributed by atoms with Crippen LogP contribution in [-0.4, -0.2) is 9.97 Å². The molecule has 3 nitrogen and oxygen atoms in total. The van der Waals surface area contributed by atoms with E-state index in [2.05, 4.69) is 44.9 Å². The predicted molar refractivity (Wildman–Crippen MR) is 76.6 cm³/mol. The van der Waals surface area contributed by atoms with Gasteiger partial charge in [0.05, 0.1) is 0 Å². The van der Waals surface area contributed by atoms with Crippen LogP contribution in [0.5, 0.6) is 0 Å². The van der Waals surface area contributed by atoms with E-state index in [4.69, 9.17) is 0 Å². The Morgan fingerprint density at radius 3 is 2.94 bits per heavy atom. The number of rotatable bonds is 2. The first-order valence-electron chi connectivity index (χ1n) is 5.77. The summed E-state index contributed by atoms with van der Waals surface area (Å²) in [4.78, 5) is 8.59. The first-order chi connectivity index (χ1) is 8.72. The van der Waals surface area contributed by atoms with Crippen molar-refractivity contribution in [3.63, 3.8) is 0 Å². The minimum Gasteiger partial charge on any atom is -0.340 e. The molecule has 1 aromatic carbocycles. The molecule has 0 spiro atoms. The number of nitrogens with one attached hydrogen (secondary N) is 1. The van der Waals surface area contributed by atoms with Gasteiger partial charge in [0.1, 0.15) is 11.6 Å². The lowest BCUT2D eigenvalue weighted by atomic mass is 10.2. The number of fused-ring (bicyclic) bond motifs is 1. The van der Waals surface area contributed by atoms with E-state index in [-0.39, 0.29) is 0 Å². The summed E-state index contributed by atoms with van der Waals surface area (Å²) in [5, 5.41) is 6.71. The Hall–Kier alpha value is -1.94. The standard InChI is InChI=1S/C14H13N3S/c1-9-8-15-10(2)16-14(9)17-12-3-4-13-11(7-12)5-6-18-13/h3-8H,1-2H3,(H,15,16,17). The molecule has 1 N–H and O–H groups in total. The molecular weight excluding hydrogens is 242 g/mol. The summed E-state index contributed by atoms with van der Waals surface area (Å²) in [5.41, 5.74) is 2.10. The van der Waals surface area contributed by atoms with Crippen molar-refractivity contribution in [2.45, 2.75) is 13.8 Å². The molecule has 0 fully saturated rings. The van der Waals surface area contributed by atoms with Gasteiger partial charge in [-0.1, -0.05) is 0 Å². The molecule has 0 amide bonds. The molecule has 0 unspecified atom stereocenters. The topological polar surface area (TPSA) is 37.8 Å². The van der Waals surface area contributed by atoms with Crippen LogP contribution in [0.4, 0.5) is 11.5 Å². The Bertz CT molecular complexity index is 703. The first kappa shape index (κ1) is 11.2. The lowest BCUT2D eigenvalue weighted by Gasteiger charge is -2.08. The number of anilines is 2. The molecule has 18 heavy (non-hydrogen) atoms. The maximum Gasteiger partial charge on any atom is 0.136 e. The molecule has 2 aromatic heterocycles. The number of thiophene rings is 1. The molecule has 0 radical (unpaired) electrons. The molecule has 0 saturated heterocycles. The summed E-state index contributed by atoms with van der Waals surface area (Å²) in [5.74, 6) is 1.65. The predicted octanol–water partition coefficient (Wildman–Crippen LogP) is 4.05. The Balaban J connectivity index is 1.97. The van der Waals surface area contributed by atoms with Gasteiger partial charge >= 0.3 is 0 Å². The summed E-state index contributed by atoms with van der Waals surface area (Å²) >= 11 is 1.75. The van der Waals surface area contributed by atoms with Crippen LogP contribution in [0.3, 0.4) is 0 Å². The van der Waals surface area contributed by atoms with Gasteiger partial charge in [-0.3, -0.25) is 0 Å². The highest BCUT2D eigenvalue weighted by atomic mass is 32.1. The number of aryl methyl sites for hydroxylation is 2. The molecule has 0 atom stereocenters. The Kier molecular flexibility index (Phi) is 2.72. The molecule has 3 aromatic rings. The monoisotopic (exact) mass is 255 g/mol. The van der Waals surface area contributed by atoms with Gasteiger partial charge in [-0.2, -0.15) is 0 Å². The summed E-state index contributed by atoms with van der Waals surface area (Å²) in [6.07, 6.45) is 1.84. The van der Waals surface area contributed by atoms with Crippen molar-refractivity contribution in [2.75, 3.05) is 5.32 Å². The highest BCUT2D eigenvalue weighted by Crippen LogP contribution is 2.26. The highest BCUT2D eigenvalue weighted by Gasteiger charge is 2.03.